The van der Waals surface area contributed by atoms with E-state index >= 15 is 0 Å². The average molecular weight is 300 g/mol. The molecule has 6 N–H and O–H groups in total. The number of nitrogens with two attached hydrogens (primary N) is 2. The van der Waals surface area contributed by atoms with Crippen LogP contribution in [0, 0.1) is 0 Å². The summed E-state index contributed by atoms with van der Waals surface area (Å²) in [6.45, 7) is 1.79. The van der Waals surface area contributed by atoms with Crippen molar-refractivity contribution in [2.45, 2.75) is 37.1 Å². The van der Waals surface area contributed by atoms with Crippen molar-refractivity contribution in [3.8, 4) is 0 Å². The molecule has 0 aliphatic carbocycles. The van der Waals surface area contributed by atoms with E-state index in [1.165, 1.54) is 0 Å². The molecular weight excluding hydrogens is 276 g/mol. The van der Waals surface area contributed by atoms with Crippen LogP contribution in [0.3, 0.4) is 0 Å². The third-order valence-electron chi connectivity index (χ3n) is 4.13. The van der Waals surface area contributed by atoms with Crippen LogP contribution < -0.4 is 11.5 Å². The first-order valence-corrected chi connectivity index (χ1v) is 7.49. The maximum absolute atomic E-state index is 11.2. The minimum atomic E-state index is -1.74. The Morgan fingerprint density at radius 2 is 1.45 bits per heavy atom. The number of aliphatic hydroxyl groups excluding tert-OH is 1. The largest absolute Gasteiger partial charge is 0.390 e. The lowest BCUT2D eigenvalue weighted by Crippen LogP contribution is -2.70. The molecule has 2 aromatic carbocycles. The van der Waals surface area contributed by atoms with Crippen LogP contribution in [-0.2, 0) is 12.0 Å². The highest BCUT2D eigenvalue weighted by molar-refractivity contribution is 5.30. The van der Waals surface area contributed by atoms with Crippen LogP contribution >= 0.6 is 0 Å². The molecule has 0 aromatic heterocycles. The Kier molecular flexibility index (Phi) is 4.98. The molecule has 0 saturated heterocycles. The van der Waals surface area contributed by atoms with E-state index in [2.05, 4.69) is 0 Å². The van der Waals surface area contributed by atoms with E-state index in [9.17, 15) is 10.2 Å². The Morgan fingerprint density at radius 1 is 0.955 bits per heavy atom. The number of rotatable bonds is 6. The Morgan fingerprint density at radius 3 is 1.95 bits per heavy atom. The van der Waals surface area contributed by atoms with Crippen LogP contribution in [0.4, 0.5) is 0 Å². The second kappa shape index (κ2) is 6.58. The first kappa shape index (κ1) is 16.6. The summed E-state index contributed by atoms with van der Waals surface area (Å²) in [7, 11) is 0. The van der Waals surface area contributed by atoms with Gasteiger partial charge in [0.25, 0.3) is 0 Å². The maximum atomic E-state index is 11.2. The first-order chi connectivity index (χ1) is 10.4. The van der Waals surface area contributed by atoms with Gasteiger partial charge in [0.1, 0.15) is 11.3 Å². The average Bonchev–Trinajstić information content (AvgIpc) is 2.54. The van der Waals surface area contributed by atoms with Gasteiger partial charge >= 0.3 is 0 Å². The van der Waals surface area contributed by atoms with Crippen LogP contribution in [0.1, 0.15) is 24.5 Å². The third kappa shape index (κ3) is 3.05. The van der Waals surface area contributed by atoms with Gasteiger partial charge in [-0.3, -0.25) is 0 Å². The van der Waals surface area contributed by atoms with Gasteiger partial charge in [0.15, 0.2) is 0 Å². The topological polar surface area (TPSA) is 92.5 Å². The maximum Gasteiger partial charge on any atom is 0.146 e. The first-order valence-electron chi connectivity index (χ1n) is 7.49. The summed E-state index contributed by atoms with van der Waals surface area (Å²) in [5.74, 6) is 0. The minimum Gasteiger partial charge on any atom is -0.390 e. The molecule has 2 aromatic rings. The predicted octanol–water partition coefficient (Wildman–Crippen LogP) is 1.50. The molecule has 0 aliphatic heterocycles. The smallest absolute Gasteiger partial charge is 0.146 e. The van der Waals surface area contributed by atoms with Crippen molar-refractivity contribution in [1.29, 1.82) is 0 Å². The monoisotopic (exact) mass is 300 g/mol. The number of hydrogen-bond donors (Lipinski definition) is 4. The molecule has 0 amide bonds. The zero-order valence-electron chi connectivity index (χ0n) is 12.8. The number of benzene rings is 2. The van der Waals surface area contributed by atoms with E-state index in [1.807, 2.05) is 36.4 Å². The van der Waals surface area contributed by atoms with Crippen molar-refractivity contribution >= 4 is 0 Å². The van der Waals surface area contributed by atoms with E-state index in [0.29, 0.717) is 12.0 Å². The second-order valence-corrected chi connectivity index (χ2v) is 5.76. The fourth-order valence-electron chi connectivity index (χ4n) is 2.83. The van der Waals surface area contributed by atoms with Crippen LogP contribution in [0.2, 0.25) is 0 Å². The molecule has 2 rings (SSSR count). The van der Waals surface area contributed by atoms with Gasteiger partial charge in [-0.15, -0.1) is 0 Å². The fraction of sp³-hybridized carbons (Fsp3) is 0.333. The van der Waals surface area contributed by atoms with E-state index in [4.69, 9.17) is 11.5 Å². The van der Waals surface area contributed by atoms with Gasteiger partial charge in [0.2, 0.25) is 0 Å². The molecule has 2 unspecified atom stereocenters. The zero-order chi connectivity index (χ0) is 16.2. The lowest BCUT2D eigenvalue weighted by atomic mass is 9.74. The van der Waals surface area contributed by atoms with E-state index in [-0.39, 0.29) is 6.42 Å². The van der Waals surface area contributed by atoms with Crippen LogP contribution in [0.25, 0.3) is 0 Å². The molecule has 22 heavy (non-hydrogen) atoms. The Bertz CT molecular complexity index is 587. The molecule has 0 aliphatic rings. The van der Waals surface area contributed by atoms with Gasteiger partial charge in [-0.05, 0) is 17.5 Å². The Labute approximate surface area is 131 Å². The lowest BCUT2D eigenvalue weighted by Gasteiger charge is -2.45. The molecule has 0 fully saturated rings. The van der Waals surface area contributed by atoms with E-state index < -0.39 is 17.4 Å². The summed E-state index contributed by atoms with van der Waals surface area (Å²) >= 11 is 0. The highest BCUT2D eigenvalue weighted by atomic mass is 16.3. The SMILES string of the molecule is CCC(O)C(O)(c1ccccc1)C(N)(N)Cc1ccccc1. The number of aliphatic hydroxyl groups is 2. The summed E-state index contributed by atoms with van der Waals surface area (Å²) in [4.78, 5) is 0. The molecule has 0 bridgehead atoms. The van der Waals surface area contributed by atoms with Gasteiger partial charge < -0.3 is 21.7 Å². The molecule has 0 heterocycles. The minimum absolute atomic E-state index is 0.246. The Hall–Kier alpha value is -1.72. The van der Waals surface area contributed by atoms with Crippen molar-refractivity contribution < 1.29 is 10.2 Å². The van der Waals surface area contributed by atoms with Crippen molar-refractivity contribution in [3.05, 3.63) is 71.8 Å². The highest BCUT2D eigenvalue weighted by Gasteiger charge is 2.51. The predicted molar refractivity (Wildman–Crippen MR) is 87.9 cm³/mol. The summed E-state index contributed by atoms with van der Waals surface area (Å²) < 4.78 is 0. The van der Waals surface area contributed by atoms with E-state index in [1.54, 1.807) is 31.2 Å². The van der Waals surface area contributed by atoms with Crippen LogP contribution in [0.5, 0.6) is 0 Å². The summed E-state index contributed by atoms with van der Waals surface area (Å²) in [6, 6.07) is 18.4. The third-order valence-corrected chi connectivity index (χ3v) is 4.13. The van der Waals surface area contributed by atoms with E-state index in [0.717, 1.165) is 5.56 Å². The summed E-state index contributed by atoms with van der Waals surface area (Å²) in [5, 5.41) is 21.7. The van der Waals surface area contributed by atoms with Crippen LogP contribution in [0.15, 0.2) is 60.7 Å². The van der Waals surface area contributed by atoms with Gasteiger partial charge in [0.05, 0.1) is 6.10 Å². The molecule has 0 saturated carbocycles. The summed E-state index contributed by atoms with van der Waals surface area (Å²) in [6.07, 6.45) is -0.472. The molecule has 118 valence electrons. The van der Waals surface area contributed by atoms with Gasteiger partial charge in [-0.25, -0.2) is 0 Å². The van der Waals surface area contributed by atoms with Crippen molar-refractivity contribution in [2.24, 2.45) is 11.5 Å². The van der Waals surface area contributed by atoms with Crippen LogP contribution in [-0.4, -0.2) is 22.0 Å². The second-order valence-electron chi connectivity index (χ2n) is 5.76. The van der Waals surface area contributed by atoms with Crippen molar-refractivity contribution in [2.75, 3.05) is 0 Å². The normalized spacial score (nSPS) is 16.0. The highest BCUT2D eigenvalue weighted by Crippen LogP contribution is 2.35. The summed E-state index contributed by atoms with van der Waals surface area (Å²) in [5.41, 5.74) is 10.8. The molecule has 2 atom stereocenters. The van der Waals surface area contributed by atoms with Gasteiger partial charge in [-0.1, -0.05) is 67.6 Å². The zero-order valence-corrected chi connectivity index (χ0v) is 12.8. The molecule has 0 spiro atoms. The fourth-order valence-corrected chi connectivity index (χ4v) is 2.83. The molecule has 4 heteroatoms. The molecule has 0 radical (unpaired) electrons. The molecule has 4 nitrogen and oxygen atoms in total. The number of hydrogen-bond acceptors (Lipinski definition) is 4. The van der Waals surface area contributed by atoms with Crippen molar-refractivity contribution in [1.82, 2.24) is 0 Å². The quantitative estimate of drug-likeness (QED) is 0.608. The van der Waals surface area contributed by atoms with Gasteiger partial charge in [-0.2, -0.15) is 0 Å². The Balaban J connectivity index is 2.44. The molecular formula is C18H24N2O2. The standard InChI is InChI=1S/C18H24N2O2/c1-2-16(21)18(22,15-11-7-4-8-12-15)17(19,20)13-14-9-5-3-6-10-14/h3-12,16,21-22H,2,13,19-20H2,1H3. The van der Waals surface area contributed by atoms with Crippen molar-refractivity contribution in [3.63, 3.8) is 0 Å². The van der Waals surface area contributed by atoms with Gasteiger partial charge in [0, 0.05) is 6.42 Å². The lowest BCUT2D eigenvalue weighted by molar-refractivity contribution is -0.132.